The van der Waals surface area contributed by atoms with Crippen molar-refractivity contribution in [2.24, 2.45) is 0 Å². The summed E-state index contributed by atoms with van der Waals surface area (Å²) >= 11 is 1.40. The maximum atomic E-state index is 9.54. The molecule has 0 radical (unpaired) electrons. The third-order valence-electron chi connectivity index (χ3n) is 5.05. The van der Waals surface area contributed by atoms with Gasteiger partial charge in [-0.2, -0.15) is 20.7 Å². The van der Waals surface area contributed by atoms with Crippen LogP contribution in [0.1, 0.15) is 22.9 Å². The maximum absolute atomic E-state index is 9.54. The van der Waals surface area contributed by atoms with Gasteiger partial charge in [-0.15, -0.1) is 0 Å². The van der Waals surface area contributed by atoms with Crippen molar-refractivity contribution in [1.82, 2.24) is 19.4 Å². The van der Waals surface area contributed by atoms with Gasteiger partial charge in [-0.25, -0.2) is 4.52 Å². The Morgan fingerprint density at radius 3 is 2.48 bits per heavy atom. The first-order valence-corrected chi connectivity index (χ1v) is 10.3. The molecule has 0 saturated heterocycles. The van der Waals surface area contributed by atoms with Gasteiger partial charge in [0.25, 0.3) is 0 Å². The van der Waals surface area contributed by atoms with Crippen LogP contribution in [-0.2, 0) is 0 Å². The second-order valence-electron chi connectivity index (χ2n) is 6.87. The van der Waals surface area contributed by atoms with Crippen LogP contribution in [-0.4, -0.2) is 42.8 Å². The van der Waals surface area contributed by atoms with Crippen molar-refractivity contribution in [2.75, 3.05) is 13.2 Å². The number of aliphatic hydroxyl groups excluding tert-OH is 2. The van der Waals surface area contributed by atoms with Gasteiger partial charge >= 0.3 is 0 Å². The van der Waals surface area contributed by atoms with Crippen molar-refractivity contribution in [3.63, 3.8) is 0 Å². The van der Waals surface area contributed by atoms with Crippen molar-refractivity contribution >= 4 is 17.3 Å². The van der Waals surface area contributed by atoms with Crippen molar-refractivity contribution in [1.29, 1.82) is 10.5 Å². The molecule has 0 aliphatic rings. The highest BCUT2D eigenvalue weighted by molar-refractivity contribution is 7.99. The fourth-order valence-electron chi connectivity index (χ4n) is 3.45. The Labute approximate surface area is 182 Å². The minimum absolute atomic E-state index is 0.228. The van der Waals surface area contributed by atoms with Crippen LogP contribution < -0.4 is 0 Å². The van der Waals surface area contributed by atoms with Crippen molar-refractivity contribution < 1.29 is 10.2 Å². The molecule has 31 heavy (non-hydrogen) atoms. The monoisotopic (exact) mass is 430 g/mol. The first kappa shape index (κ1) is 20.6. The molecule has 0 unspecified atom stereocenters. The lowest BCUT2D eigenvalue weighted by Crippen LogP contribution is -2.19. The van der Waals surface area contributed by atoms with E-state index in [2.05, 4.69) is 22.3 Å². The molecule has 154 valence electrons. The summed E-state index contributed by atoms with van der Waals surface area (Å²) in [6, 6.07) is 13.1. The standard InChI is InChI=1S/C22H18N6O2S/c1-14-19(10-26-28(14)18(12-29)13-30)16-6-21(22-17(8-24)9-25-27(22)11-16)31-20-5-3-2-4-15(20)7-23/h2-6,9-11,18,29-30H,12-13H2,1H3. The van der Waals surface area contributed by atoms with E-state index >= 15 is 0 Å². The first-order valence-electron chi connectivity index (χ1n) is 9.46. The van der Waals surface area contributed by atoms with Gasteiger partial charge in [-0.05, 0) is 25.1 Å². The quantitative estimate of drug-likeness (QED) is 0.482. The Balaban J connectivity index is 1.88. The summed E-state index contributed by atoms with van der Waals surface area (Å²) < 4.78 is 3.25. The highest BCUT2D eigenvalue weighted by Gasteiger charge is 2.19. The topological polar surface area (TPSA) is 123 Å². The summed E-state index contributed by atoms with van der Waals surface area (Å²) in [4.78, 5) is 1.56. The number of rotatable bonds is 6. The minimum Gasteiger partial charge on any atom is -0.394 e. The molecule has 9 heteroatoms. The van der Waals surface area contributed by atoms with Crippen LogP contribution in [0.3, 0.4) is 0 Å². The summed E-state index contributed by atoms with van der Waals surface area (Å²) in [5.41, 5.74) is 4.07. The Morgan fingerprint density at radius 2 is 1.77 bits per heavy atom. The number of pyridine rings is 1. The molecular formula is C22H18N6O2S. The second-order valence-corrected chi connectivity index (χ2v) is 7.96. The number of nitriles is 2. The van der Waals surface area contributed by atoms with E-state index in [1.165, 1.54) is 18.0 Å². The lowest BCUT2D eigenvalue weighted by atomic mass is 10.1. The van der Waals surface area contributed by atoms with Gasteiger partial charge in [0.15, 0.2) is 0 Å². The predicted octanol–water partition coefficient (Wildman–Crippen LogP) is 2.93. The molecule has 0 aliphatic carbocycles. The van der Waals surface area contributed by atoms with Gasteiger partial charge in [0.1, 0.15) is 12.1 Å². The lowest BCUT2D eigenvalue weighted by Gasteiger charge is -2.14. The van der Waals surface area contributed by atoms with Crippen LogP contribution in [0.2, 0.25) is 0 Å². The molecule has 0 saturated carbocycles. The Hall–Kier alpha value is -3.63. The summed E-state index contributed by atoms with van der Waals surface area (Å²) in [5.74, 6) is 0. The zero-order valence-corrected chi connectivity index (χ0v) is 17.4. The highest BCUT2D eigenvalue weighted by Crippen LogP contribution is 2.37. The molecule has 8 nitrogen and oxygen atoms in total. The molecule has 0 fully saturated rings. The summed E-state index contributed by atoms with van der Waals surface area (Å²) in [5, 5.41) is 46.7. The summed E-state index contributed by atoms with van der Waals surface area (Å²) in [6.45, 7) is 1.41. The van der Waals surface area contributed by atoms with E-state index in [0.29, 0.717) is 16.6 Å². The average molecular weight is 430 g/mol. The van der Waals surface area contributed by atoms with E-state index in [1.54, 1.807) is 21.5 Å². The predicted molar refractivity (Wildman–Crippen MR) is 114 cm³/mol. The third kappa shape index (κ3) is 3.66. The summed E-state index contributed by atoms with van der Waals surface area (Å²) in [6.07, 6.45) is 5.02. The average Bonchev–Trinajstić information content (AvgIpc) is 3.39. The van der Waals surface area contributed by atoms with E-state index in [4.69, 9.17) is 0 Å². The van der Waals surface area contributed by atoms with Crippen molar-refractivity contribution in [3.8, 4) is 23.3 Å². The zero-order chi connectivity index (χ0) is 22.0. The molecule has 0 atom stereocenters. The number of nitrogens with zero attached hydrogens (tertiary/aromatic N) is 6. The second kappa shape index (κ2) is 8.62. The lowest BCUT2D eigenvalue weighted by molar-refractivity contribution is 0.145. The smallest absolute Gasteiger partial charge is 0.103 e. The number of hydrogen-bond acceptors (Lipinski definition) is 7. The fraction of sp³-hybridized carbons (Fsp3) is 0.182. The van der Waals surface area contributed by atoms with E-state index in [9.17, 15) is 20.7 Å². The first-order chi connectivity index (χ1) is 15.1. The van der Waals surface area contributed by atoms with Crippen LogP contribution in [0.5, 0.6) is 0 Å². The maximum Gasteiger partial charge on any atom is 0.103 e. The number of benzene rings is 1. The minimum atomic E-state index is -0.524. The number of aromatic nitrogens is 4. The van der Waals surface area contributed by atoms with Gasteiger partial charge in [0.2, 0.25) is 0 Å². The molecule has 2 N–H and O–H groups in total. The normalized spacial score (nSPS) is 11.0. The molecule has 0 aliphatic heterocycles. The fourth-order valence-corrected chi connectivity index (χ4v) is 4.54. The molecule has 4 aromatic rings. The van der Waals surface area contributed by atoms with Crippen molar-refractivity contribution in [2.45, 2.75) is 22.8 Å². The van der Waals surface area contributed by atoms with E-state index in [-0.39, 0.29) is 13.2 Å². The van der Waals surface area contributed by atoms with Crippen LogP contribution in [0.25, 0.3) is 16.6 Å². The van der Waals surface area contributed by atoms with Crippen LogP contribution in [0.15, 0.2) is 58.7 Å². The number of aliphatic hydroxyl groups is 2. The van der Waals surface area contributed by atoms with Gasteiger partial charge in [-0.1, -0.05) is 23.9 Å². The van der Waals surface area contributed by atoms with Crippen LogP contribution in [0.4, 0.5) is 0 Å². The molecular weight excluding hydrogens is 412 g/mol. The zero-order valence-electron chi connectivity index (χ0n) is 16.6. The van der Waals surface area contributed by atoms with Gasteiger partial charge in [-0.3, -0.25) is 4.68 Å². The summed E-state index contributed by atoms with van der Waals surface area (Å²) in [7, 11) is 0. The Bertz CT molecular complexity index is 1340. The van der Waals surface area contributed by atoms with E-state index < -0.39 is 6.04 Å². The number of fused-ring (bicyclic) bond motifs is 1. The molecule has 1 aromatic carbocycles. The SMILES string of the molecule is Cc1c(-c2cc(Sc3ccccc3C#N)c3c(C#N)cnn3c2)cnn1C(CO)CO. The molecule has 3 aromatic heterocycles. The van der Waals surface area contributed by atoms with E-state index in [1.807, 2.05) is 37.4 Å². The largest absolute Gasteiger partial charge is 0.394 e. The third-order valence-corrected chi connectivity index (χ3v) is 6.15. The van der Waals surface area contributed by atoms with Gasteiger partial charge < -0.3 is 10.2 Å². The van der Waals surface area contributed by atoms with Crippen LogP contribution in [0, 0.1) is 29.6 Å². The number of hydrogen-bond donors (Lipinski definition) is 2. The van der Waals surface area contributed by atoms with E-state index in [0.717, 1.165) is 26.6 Å². The van der Waals surface area contributed by atoms with Crippen LogP contribution >= 0.6 is 11.8 Å². The van der Waals surface area contributed by atoms with Gasteiger partial charge in [0, 0.05) is 32.8 Å². The Kier molecular flexibility index (Phi) is 5.74. The highest BCUT2D eigenvalue weighted by atomic mass is 32.2. The molecule has 4 rings (SSSR count). The van der Waals surface area contributed by atoms with Gasteiger partial charge in [0.05, 0.1) is 48.3 Å². The molecule has 0 amide bonds. The molecule has 0 bridgehead atoms. The van der Waals surface area contributed by atoms with Crippen molar-refractivity contribution in [3.05, 3.63) is 65.7 Å². The molecule has 3 heterocycles. The molecule has 0 spiro atoms. The Morgan fingerprint density at radius 1 is 1.03 bits per heavy atom.